The van der Waals surface area contributed by atoms with Gasteiger partial charge < -0.3 is 0 Å². The van der Waals surface area contributed by atoms with E-state index in [1.54, 1.807) is 0 Å². The van der Waals surface area contributed by atoms with Crippen LogP contribution in [0.3, 0.4) is 0 Å². The Labute approximate surface area is 130 Å². The summed E-state index contributed by atoms with van der Waals surface area (Å²) in [4.78, 5) is 0. The lowest BCUT2D eigenvalue weighted by molar-refractivity contribution is 0.954. The zero-order chi connectivity index (χ0) is 15.8. The van der Waals surface area contributed by atoms with Gasteiger partial charge in [-0.1, -0.05) is 68.5 Å². The Morgan fingerprint density at radius 1 is 0.810 bits per heavy atom. The number of hydrogen-bond acceptors (Lipinski definition) is 0. The van der Waals surface area contributed by atoms with Crippen LogP contribution in [0.15, 0.2) is 43.0 Å². The van der Waals surface area contributed by atoms with Crippen LogP contribution in [0.25, 0.3) is 6.08 Å². The van der Waals surface area contributed by atoms with Gasteiger partial charge in [0.15, 0.2) is 0 Å². The molecule has 112 valence electrons. The highest BCUT2D eigenvalue weighted by atomic mass is 14.1. The van der Waals surface area contributed by atoms with Crippen molar-refractivity contribution in [2.45, 2.75) is 47.5 Å². The van der Waals surface area contributed by atoms with Gasteiger partial charge in [0.2, 0.25) is 0 Å². The predicted octanol–water partition coefficient (Wildman–Crippen LogP) is 6.07. The third-order valence-electron chi connectivity index (χ3n) is 3.67. The molecule has 0 heteroatoms. The summed E-state index contributed by atoms with van der Waals surface area (Å²) in [6.45, 7) is 14.3. The topological polar surface area (TPSA) is 0 Å². The van der Waals surface area contributed by atoms with Crippen LogP contribution < -0.4 is 0 Å². The lowest BCUT2D eigenvalue weighted by Crippen LogP contribution is -1.94. The van der Waals surface area contributed by atoms with E-state index in [1.165, 1.54) is 33.4 Å². The van der Waals surface area contributed by atoms with E-state index in [1.807, 2.05) is 19.9 Å². The molecule has 0 spiro atoms. The predicted molar refractivity (Wildman–Crippen MR) is 95.9 cm³/mol. The van der Waals surface area contributed by atoms with Crippen molar-refractivity contribution in [2.24, 2.45) is 0 Å². The van der Waals surface area contributed by atoms with Crippen molar-refractivity contribution < 1.29 is 0 Å². The molecule has 2 aromatic rings. The van der Waals surface area contributed by atoms with E-state index in [4.69, 9.17) is 0 Å². The van der Waals surface area contributed by atoms with Gasteiger partial charge in [0.05, 0.1) is 0 Å². The van der Waals surface area contributed by atoms with E-state index < -0.39 is 0 Å². The molecule has 0 saturated heterocycles. The zero-order valence-electron chi connectivity index (χ0n) is 14.2. The molecule has 0 aromatic heterocycles. The van der Waals surface area contributed by atoms with Crippen LogP contribution in [0.4, 0.5) is 0 Å². The van der Waals surface area contributed by atoms with E-state index in [0.29, 0.717) is 0 Å². The molecule has 0 heterocycles. The first-order chi connectivity index (χ1) is 10.1. The highest BCUT2D eigenvalue weighted by Gasteiger charge is 2.00. The fraction of sp³-hybridized carbons (Fsp3) is 0.333. The third kappa shape index (κ3) is 5.23. The lowest BCUT2D eigenvalue weighted by atomic mass is 9.98. The van der Waals surface area contributed by atoms with Crippen molar-refractivity contribution in [1.82, 2.24) is 0 Å². The van der Waals surface area contributed by atoms with Crippen LogP contribution in [0.5, 0.6) is 0 Å². The minimum Gasteiger partial charge on any atom is -0.0985 e. The third-order valence-corrected chi connectivity index (χ3v) is 3.67. The molecule has 2 aromatic carbocycles. The van der Waals surface area contributed by atoms with Crippen LogP contribution >= 0.6 is 0 Å². The summed E-state index contributed by atoms with van der Waals surface area (Å²) in [6, 6.07) is 13.4. The first kappa shape index (κ1) is 17.2. The van der Waals surface area contributed by atoms with E-state index in [9.17, 15) is 0 Å². The van der Waals surface area contributed by atoms with Crippen molar-refractivity contribution in [3.63, 3.8) is 0 Å². The first-order valence-electron chi connectivity index (χ1n) is 7.87. The first-order valence-corrected chi connectivity index (χ1v) is 7.87. The summed E-state index contributed by atoms with van der Waals surface area (Å²) in [5, 5.41) is 0. The van der Waals surface area contributed by atoms with Gasteiger partial charge in [-0.3, -0.25) is 0 Å². The molecule has 0 aliphatic rings. The summed E-state index contributed by atoms with van der Waals surface area (Å²) in [7, 11) is 0. The second-order valence-electron chi connectivity index (χ2n) is 5.37. The molecule has 0 fully saturated rings. The maximum absolute atomic E-state index is 3.85. The molecule has 21 heavy (non-hydrogen) atoms. The van der Waals surface area contributed by atoms with Gasteiger partial charge >= 0.3 is 0 Å². The Kier molecular flexibility index (Phi) is 6.94. The van der Waals surface area contributed by atoms with Crippen molar-refractivity contribution in [3.8, 4) is 0 Å². The van der Waals surface area contributed by atoms with Gasteiger partial charge in [-0.15, -0.1) is 0 Å². The minimum atomic E-state index is 1.09. The lowest BCUT2D eigenvalue weighted by Gasteiger charge is -2.07. The van der Waals surface area contributed by atoms with Crippen LogP contribution in [0.2, 0.25) is 0 Å². The summed E-state index contributed by atoms with van der Waals surface area (Å²) in [6.07, 6.45) is 4.11. The van der Waals surface area contributed by atoms with Gasteiger partial charge in [0.1, 0.15) is 0 Å². The quantitative estimate of drug-likeness (QED) is 0.638. The molecule has 0 radical (unpaired) electrons. The summed E-state index contributed by atoms with van der Waals surface area (Å²) < 4.78 is 0. The fourth-order valence-electron chi connectivity index (χ4n) is 2.40. The largest absolute Gasteiger partial charge is 0.0985 e. The normalized spacial score (nSPS) is 9.76. The molecular weight excluding hydrogens is 252 g/mol. The monoisotopic (exact) mass is 280 g/mol. The number of benzene rings is 2. The van der Waals surface area contributed by atoms with Crippen LogP contribution in [0.1, 0.15) is 47.2 Å². The second-order valence-corrected chi connectivity index (χ2v) is 5.37. The average Bonchev–Trinajstić information content (AvgIpc) is 2.50. The summed E-state index contributed by atoms with van der Waals surface area (Å²) in [5.74, 6) is 0. The molecular formula is C21H28. The molecule has 0 aliphatic heterocycles. The van der Waals surface area contributed by atoms with E-state index in [2.05, 4.69) is 63.7 Å². The van der Waals surface area contributed by atoms with Gasteiger partial charge in [-0.05, 0) is 61.4 Å². The van der Waals surface area contributed by atoms with Crippen molar-refractivity contribution in [1.29, 1.82) is 0 Å². The maximum atomic E-state index is 3.85. The standard InChI is InChI=1S/C19H22.C2H6/c1-5-17-10-14(2)11-19(13-17)9-8-18-7-6-15(3)16(4)12-18;1-2/h5-7,10-13H,1,8-9H2,2-4H3;1-2H3. The van der Waals surface area contributed by atoms with Crippen LogP contribution in [-0.2, 0) is 12.8 Å². The minimum absolute atomic E-state index is 1.09. The SMILES string of the molecule is C=Cc1cc(C)cc(CCc2ccc(C)c(C)c2)c1.CC. The smallest absolute Gasteiger partial charge is 0.0238 e. The molecule has 0 unspecified atom stereocenters. The molecule has 0 N–H and O–H groups in total. The van der Waals surface area contributed by atoms with Crippen LogP contribution in [0, 0.1) is 20.8 Å². The number of aryl methyl sites for hydroxylation is 5. The van der Waals surface area contributed by atoms with Gasteiger partial charge in [0.25, 0.3) is 0 Å². The molecule has 0 bridgehead atoms. The van der Waals surface area contributed by atoms with Gasteiger partial charge in [-0.2, -0.15) is 0 Å². The number of rotatable bonds is 4. The van der Waals surface area contributed by atoms with Crippen molar-refractivity contribution >= 4 is 6.08 Å². The molecule has 0 nitrogen and oxygen atoms in total. The molecule has 0 atom stereocenters. The Hall–Kier alpha value is -1.82. The Bertz CT molecular complexity index is 591. The fourth-order valence-corrected chi connectivity index (χ4v) is 2.40. The Morgan fingerprint density at radius 2 is 1.48 bits per heavy atom. The van der Waals surface area contributed by atoms with Gasteiger partial charge in [0, 0.05) is 0 Å². The Balaban J connectivity index is 0.00000106. The van der Waals surface area contributed by atoms with Gasteiger partial charge in [-0.25, -0.2) is 0 Å². The number of hydrogen-bond donors (Lipinski definition) is 0. The molecule has 0 aliphatic carbocycles. The van der Waals surface area contributed by atoms with Crippen LogP contribution in [-0.4, -0.2) is 0 Å². The average molecular weight is 280 g/mol. The van der Waals surface area contributed by atoms with E-state index in [-0.39, 0.29) is 0 Å². The highest BCUT2D eigenvalue weighted by molar-refractivity contribution is 5.50. The molecule has 2 rings (SSSR count). The Morgan fingerprint density at radius 3 is 2.10 bits per heavy atom. The highest BCUT2D eigenvalue weighted by Crippen LogP contribution is 2.15. The molecule has 0 saturated carbocycles. The maximum Gasteiger partial charge on any atom is -0.0238 e. The van der Waals surface area contributed by atoms with E-state index in [0.717, 1.165) is 12.8 Å². The second kappa shape index (κ2) is 8.46. The van der Waals surface area contributed by atoms with Crippen molar-refractivity contribution in [2.75, 3.05) is 0 Å². The molecule has 0 amide bonds. The zero-order valence-corrected chi connectivity index (χ0v) is 14.2. The van der Waals surface area contributed by atoms with Crippen molar-refractivity contribution in [3.05, 3.63) is 76.4 Å². The summed E-state index contributed by atoms with van der Waals surface area (Å²) in [5.41, 5.74) is 8.10. The van der Waals surface area contributed by atoms with E-state index >= 15 is 0 Å². The summed E-state index contributed by atoms with van der Waals surface area (Å²) >= 11 is 0.